The van der Waals surface area contributed by atoms with E-state index in [9.17, 15) is 0 Å². The molecule has 2 heterocycles. The standard InChI is InChI=1S/C11H15N5O2/c1-12-9-14-10(16-11(15-9)17-2)13-6-5-8-4-3-7-18-8/h3-4,7H,5-6H2,1-2H3,(H2,12,13,14,15,16). The third kappa shape index (κ3) is 3.09. The first-order valence-electron chi connectivity index (χ1n) is 5.56. The summed E-state index contributed by atoms with van der Waals surface area (Å²) in [7, 11) is 3.25. The molecule has 7 nitrogen and oxygen atoms in total. The maximum Gasteiger partial charge on any atom is 0.322 e. The van der Waals surface area contributed by atoms with Crippen LogP contribution in [-0.2, 0) is 6.42 Å². The van der Waals surface area contributed by atoms with E-state index in [-0.39, 0.29) is 6.01 Å². The number of nitrogens with one attached hydrogen (secondary N) is 2. The molecule has 0 radical (unpaired) electrons. The van der Waals surface area contributed by atoms with E-state index in [1.165, 1.54) is 7.11 Å². The zero-order chi connectivity index (χ0) is 12.8. The van der Waals surface area contributed by atoms with Gasteiger partial charge in [0, 0.05) is 20.0 Å². The average Bonchev–Trinajstić information content (AvgIpc) is 2.91. The molecule has 0 saturated carbocycles. The van der Waals surface area contributed by atoms with Crippen LogP contribution in [0.15, 0.2) is 22.8 Å². The fourth-order valence-electron chi connectivity index (χ4n) is 1.39. The number of aromatic nitrogens is 3. The van der Waals surface area contributed by atoms with Gasteiger partial charge in [-0.05, 0) is 12.1 Å². The molecule has 0 bridgehead atoms. The number of ether oxygens (including phenoxy) is 1. The Labute approximate surface area is 105 Å². The van der Waals surface area contributed by atoms with E-state index in [1.54, 1.807) is 13.3 Å². The van der Waals surface area contributed by atoms with E-state index in [4.69, 9.17) is 9.15 Å². The molecule has 2 aromatic heterocycles. The molecule has 2 aromatic rings. The lowest BCUT2D eigenvalue weighted by Crippen LogP contribution is -2.10. The molecule has 0 atom stereocenters. The molecule has 0 amide bonds. The summed E-state index contributed by atoms with van der Waals surface area (Å²) in [4.78, 5) is 12.3. The summed E-state index contributed by atoms with van der Waals surface area (Å²) < 4.78 is 10.2. The van der Waals surface area contributed by atoms with Gasteiger partial charge in [0.2, 0.25) is 11.9 Å². The van der Waals surface area contributed by atoms with Crippen molar-refractivity contribution in [2.45, 2.75) is 6.42 Å². The van der Waals surface area contributed by atoms with Crippen LogP contribution < -0.4 is 15.4 Å². The fraction of sp³-hybridized carbons (Fsp3) is 0.364. The Morgan fingerprint density at radius 3 is 2.78 bits per heavy atom. The predicted octanol–water partition coefficient (Wildman–Crippen LogP) is 1.17. The molecule has 0 spiro atoms. The second-order valence-corrected chi connectivity index (χ2v) is 3.48. The maximum absolute atomic E-state index is 5.23. The Balaban J connectivity index is 1.95. The van der Waals surface area contributed by atoms with Gasteiger partial charge in [0.25, 0.3) is 0 Å². The molecule has 7 heteroatoms. The van der Waals surface area contributed by atoms with Crippen LogP contribution in [0.2, 0.25) is 0 Å². The lowest BCUT2D eigenvalue weighted by molar-refractivity contribution is 0.379. The minimum atomic E-state index is 0.273. The monoisotopic (exact) mass is 249 g/mol. The van der Waals surface area contributed by atoms with Crippen LogP contribution in [0.4, 0.5) is 11.9 Å². The molecule has 0 saturated heterocycles. The van der Waals surface area contributed by atoms with Gasteiger partial charge >= 0.3 is 6.01 Å². The summed E-state index contributed by atoms with van der Waals surface area (Å²) in [5.74, 6) is 1.84. The van der Waals surface area contributed by atoms with Crippen LogP contribution in [0.25, 0.3) is 0 Å². The molecule has 2 N–H and O–H groups in total. The van der Waals surface area contributed by atoms with Crippen molar-refractivity contribution in [1.82, 2.24) is 15.0 Å². The summed E-state index contributed by atoms with van der Waals surface area (Å²) in [6.07, 6.45) is 2.41. The first-order chi connectivity index (χ1) is 8.81. The number of methoxy groups -OCH3 is 1. The molecule has 18 heavy (non-hydrogen) atoms. The van der Waals surface area contributed by atoms with Crippen molar-refractivity contribution in [2.75, 3.05) is 31.3 Å². The number of anilines is 2. The Hall–Kier alpha value is -2.31. The fourth-order valence-corrected chi connectivity index (χ4v) is 1.39. The summed E-state index contributed by atoms with van der Waals surface area (Å²) in [5.41, 5.74) is 0. The molecule has 0 aromatic carbocycles. The predicted molar refractivity (Wildman–Crippen MR) is 66.8 cm³/mol. The van der Waals surface area contributed by atoms with E-state index in [0.717, 1.165) is 12.2 Å². The Kier molecular flexibility index (Phi) is 3.95. The van der Waals surface area contributed by atoms with Gasteiger partial charge in [0.1, 0.15) is 5.76 Å². The molecule has 0 aliphatic rings. The van der Waals surface area contributed by atoms with Crippen molar-refractivity contribution >= 4 is 11.9 Å². The molecule has 0 aliphatic carbocycles. The zero-order valence-corrected chi connectivity index (χ0v) is 10.3. The van der Waals surface area contributed by atoms with Gasteiger partial charge in [0.15, 0.2) is 0 Å². The molecule has 0 fully saturated rings. The van der Waals surface area contributed by atoms with E-state index in [2.05, 4.69) is 25.6 Å². The molecule has 96 valence electrons. The molecular weight excluding hydrogens is 234 g/mol. The smallest absolute Gasteiger partial charge is 0.322 e. The van der Waals surface area contributed by atoms with Crippen LogP contribution in [0, 0.1) is 0 Å². The van der Waals surface area contributed by atoms with E-state index >= 15 is 0 Å². The zero-order valence-electron chi connectivity index (χ0n) is 10.3. The third-order valence-corrected chi connectivity index (χ3v) is 2.26. The molecule has 0 aliphatic heterocycles. The number of rotatable bonds is 6. The summed E-state index contributed by atoms with van der Waals surface area (Å²) in [6.45, 7) is 0.670. The van der Waals surface area contributed by atoms with Crippen LogP contribution in [0.5, 0.6) is 6.01 Å². The first kappa shape index (κ1) is 12.2. The molecule has 2 rings (SSSR count). The lowest BCUT2D eigenvalue weighted by atomic mass is 10.3. The highest BCUT2D eigenvalue weighted by atomic mass is 16.5. The van der Waals surface area contributed by atoms with Crippen molar-refractivity contribution in [3.63, 3.8) is 0 Å². The number of hydrogen-bond donors (Lipinski definition) is 2. The summed E-state index contributed by atoms with van der Waals surface area (Å²) in [6, 6.07) is 4.06. The third-order valence-electron chi connectivity index (χ3n) is 2.26. The molecular formula is C11H15N5O2. The normalized spacial score (nSPS) is 10.1. The van der Waals surface area contributed by atoms with Crippen LogP contribution in [0.1, 0.15) is 5.76 Å². The SMILES string of the molecule is CNc1nc(NCCc2ccco2)nc(OC)n1. The largest absolute Gasteiger partial charge is 0.469 e. The average molecular weight is 249 g/mol. The maximum atomic E-state index is 5.23. The Morgan fingerprint density at radius 2 is 2.11 bits per heavy atom. The van der Waals surface area contributed by atoms with Gasteiger partial charge in [-0.15, -0.1) is 0 Å². The number of nitrogens with zero attached hydrogens (tertiary/aromatic N) is 3. The molecule has 0 unspecified atom stereocenters. The van der Waals surface area contributed by atoms with Crippen molar-refractivity contribution in [3.8, 4) is 6.01 Å². The van der Waals surface area contributed by atoms with E-state index in [1.807, 2.05) is 12.1 Å². The van der Waals surface area contributed by atoms with Gasteiger partial charge in [-0.1, -0.05) is 0 Å². The number of hydrogen-bond acceptors (Lipinski definition) is 7. The topological polar surface area (TPSA) is 85.1 Å². The first-order valence-corrected chi connectivity index (χ1v) is 5.56. The van der Waals surface area contributed by atoms with Crippen molar-refractivity contribution in [1.29, 1.82) is 0 Å². The van der Waals surface area contributed by atoms with Gasteiger partial charge < -0.3 is 19.8 Å². The summed E-state index contributed by atoms with van der Waals surface area (Å²) in [5, 5.41) is 5.94. The summed E-state index contributed by atoms with van der Waals surface area (Å²) >= 11 is 0. The van der Waals surface area contributed by atoms with Gasteiger partial charge in [-0.2, -0.15) is 15.0 Å². The Bertz CT molecular complexity index is 464. The quantitative estimate of drug-likeness (QED) is 0.794. The minimum absolute atomic E-state index is 0.273. The highest BCUT2D eigenvalue weighted by Gasteiger charge is 2.05. The minimum Gasteiger partial charge on any atom is -0.469 e. The van der Waals surface area contributed by atoms with E-state index in [0.29, 0.717) is 18.4 Å². The number of furan rings is 1. The lowest BCUT2D eigenvalue weighted by Gasteiger charge is -2.06. The van der Waals surface area contributed by atoms with Crippen molar-refractivity contribution < 1.29 is 9.15 Å². The highest BCUT2D eigenvalue weighted by Crippen LogP contribution is 2.10. The van der Waals surface area contributed by atoms with Crippen molar-refractivity contribution in [3.05, 3.63) is 24.2 Å². The van der Waals surface area contributed by atoms with E-state index < -0.39 is 0 Å². The van der Waals surface area contributed by atoms with Crippen molar-refractivity contribution in [2.24, 2.45) is 0 Å². The van der Waals surface area contributed by atoms with Gasteiger partial charge in [0.05, 0.1) is 13.4 Å². The van der Waals surface area contributed by atoms with Crippen LogP contribution >= 0.6 is 0 Å². The second kappa shape index (κ2) is 5.85. The van der Waals surface area contributed by atoms with Gasteiger partial charge in [-0.25, -0.2) is 0 Å². The second-order valence-electron chi connectivity index (χ2n) is 3.48. The van der Waals surface area contributed by atoms with Gasteiger partial charge in [-0.3, -0.25) is 0 Å². The Morgan fingerprint density at radius 1 is 1.28 bits per heavy atom. The van der Waals surface area contributed by atoms with Crippen LogP contribution in [0.3, 0.4) is 0 Å². The van der Waals surface area contributed by atoms with Crippen LogP contribution in [-0.4, -0.2) is 35.7 Å². The highest BCUT2D eigenvalue weighted by molar-refractivity contribution is 5.35.